The van der Waals surface area contributed by atoms with E-state index in [1.165, 1.54) is 49.6 Å². The third-order valence-corrected chi connectivity index (χ3v) is 3.84. The topological polar surface area (TPSA) is 125 Å². The minimum Gasteiger partial charge on any atom is -0.496 e. The second-order valence-corrected chi connectivity index (χ2v) is 7.00. The molecule has 0 radical (unpaired) electrons. The number of nitro groups is 1. The van der Waals surface area contributed by atoms with E-state index in [-0.39, 0.29) is 17.0 Å². The summed E-state index contributed by atoms with van der Waals surface area (Å²) in [6.07, 6.45) is 1.02. The summed E-state index contributed by atoms with van der Waals surface area (Å²) in [7, 11) is -2.03. The summed E-state index contributed by atoms with van der Waals surface area (Å²) in [5.74, 6) is -0.176. The Balaban J connectivity index is 2.08. The number of nitro benzene ring substituents is 1. The number of carbonyl (C=O) groups is 1. The van der Waals surface area contributed by atoms with Crippen LogP contribution in [0.5, 0.6) is 11.5 Å². The Morgan fingerprint density at radius 2 is 1.85 bits per heavy atom. The Bertz CT molecular complexity index is 924. The highest BCUT2D eigenvalue weighted by molar-refractivity contribution is 7.92. The van der Waals surface area contributed by atoms with E-state index in [4.69, 9.17) is 9.47 Å². The summed E-state index contributed by atoms with van der Waals surface area (Å²) in [6, 6.07) is 9.77. The molecule has 0 unspecified atom stereocenters. The molecule has 2 aromatic carbocycles. The van der Waals surface area contributed by atoms with E-state index >= 15 is 0 Å². The van der Waals surface area contributed by atoms with Gasteiger partial charge in [0.25, 0.3) is 0 Å². The Labute approximate surface area is 149 Å². The van der Waals surface area contributed by atoms with Crippen molar-refractivity contribution in [3.05, 3.63) is 58.1 Å². The number of carbonyl (C=O) groups excluding carboxylic acids is 1. The SMILES string of the molecule is COc1ccc(OCC(=O)c2ccc(NS(C)(=O)=O)cc2)c([N+](=O)[O-])c1. The van der Waals surface area contributed by atoms with Crippen LogP contribution in [0.3, 0.4) is 0 Å². The lowest BCUT2D eigenvalue weighted by molar-refractivity contribution is -0.385. The van der Waals surface area contributed by atoms with Crippen molar-refractivity contribution in [2.24, 2.45) is 0 Å². The van der Waals surface area contributed by atoms with E-state index in [1.807, 2.05) is 0 Å². The lowest BCUT2D eigenvalue weighted by Crippen LogP contribution is -2.13. The largest absolute Gasteiger partial charge is 0.496 e. The quantitative estimate of drug-likeness (QED) is 0.423. The molecule has 138 valence electrons. The number of benzene rings is 2. The zero-order chi connectivity index (χ0) is 19.3. The third-order valence-electron chi connectivity index (χ3n) is 3.23. The number of methoxy groups -OCH3 is 1. The summed E-state index contributed by atoms with van der Waals surface area (Å²) in [5.41, 5.74) is 0.279. The van der Waals surface area contributed by atoms with Gasteiger partial charge in [-0.15, -0.1) is 0 Å². The molecule has 0 aliphatic heterocycles. The molecule has 0 saturated carbocycles. The van der Waals surface area contributed by atoms with Crippen molar-refractivity contribution in [3.63, 3.8) is 0 Å². The van der Waals surface area contributed by atoms with Crippen LogP contribution in [0.4, 0.5) is 11.4 Å². The highest BCUT2D eigenvalue weighted by Gasteiger charge is 2.18. The maximum Gasteiger partial charge on any atom is 0.314 e. The Kier molecular flexibility index (Phi) is 5.78. The zero-order valence-corrected chi connectivity index (χ0v) is 14.8. The van der Waals surface area contributed by atoms with E-state index < -0.39 is 27.3 Å². The third kappa shape index (κ3) is 5.18. The van der Waals surface area contributed by atoms with Gasteiger partial charge in [0.1, 0.15) is 5.75 Å². The molecule has 0 fully saturated rings. The number of nitrogens with one attached hydrogen (secondary N) is 1. The van der Waals surface area contributed by atoms with Gasteiger partial charge in [-0.25, -0.2) is 8.42 Å². The van der Waals surface area contributed by atoms with E-state index in [0.29, 0.717) is 11.4 Å². The van der Waals surface area contributed by atoms with Crippen LogP contribution >= 0.6 is 0 Å². The monoisotopic (exact) mass is 380 g/mol. The number of hydrogen-bond acceptors (Lipinski definition) is 7. The summed E-state index contributed by atoms with van der Waals surface area (Å²) < 4.78 is 34.8. The molecule has 0 saturated heterocycles. The fraction of sp³-hybridized carbons (Fsp3) is 0.188. The molecule has 9 nitrogen and oxygen atoms in total. The van der Waals surface area contributed by atoms with Crippen LogP contribution < -0.4 is 14.2 Å². The van der Waals surface area contributed by atoms with Gasteiger partial charge in [0.05, 0.1) is 24.4 Å². The first-order valence-electron chi connectivity index (χ1n) is 7.26. The number of nitrogens with zero attached hydrogens (tertiary/aromatic N) is 1. The molecule has 0 spiro atoms. The van der Waals surface area contributed by atoms with Crippen LogP contribution in [0, 0.1) is 10.1 Å². The number of sulfonamides is 1. The fourth-order valence-corrected chi connectivity index (χ4v) is 2.62. The van der Waals surface area contributed by atoms with E-state index in [1.54, 1.807) is 0 Å². The fourth-order valence-electron chi connectivity index (χ4n) is 2.05. The van der Waals surface area contributed by atoms with Gasteiger partial charge in [0, 0.05) is 11.3 Å². The van der Waals surface area contributed by atoms with Gasteiger partial charge >= 0.3 is 5.69 Å². The van der Waals surface area contributed by atoms with Crippen molar-refractivity contribution >= 4 is 27.2 Å². The Hall–Kier alpha value is -3.14. The number of anilines is 1. The van der Waals surface area contributed by atoms with Gasteiger partial charge < -0.3 is 9.47 Å². The summed E-state index contributed by atoms with van der Waals surface area (Å²) in [4.78, 5) is 22.6. The number of ketones is 1. The van der Waals surface area contributed by atoms with Gasteiger partial charge in [-0.1, -0.05) is 0 Å². The predicted molar refractivity (Wildman–Crippen MR) is 94.4 cm³/mol. The Morgan fingerprint density at radius 1 is 1.19 bits per heavy atom. The van der Waals surface area contributed by atoms with E-state index in [9.17, 15) is 23.3 Å². The van der Waals surface area contributed by atoms with Crippen molar-refractivity contribution < 1.29 is 27.6 Å². The lowest BCUT2D eigenvalue weighted by atomic mass is 10.1. The minimum absolute atomic E-state index is 0.0560. The molecule has 2 rings (SSSR count). The van der Waals surface area contributed by atoms with Gasteiger partial charge in [-0.3, -0.25) is 19.6 Å². The minimum atomic E-state index is -3.41. The van der Waals surface area contributed by atoms with Gasteiger partial charge in [-0.2, -0.15) is 0 Å². The van der Waals surface area contributed by atoms with E-state index in [0.717, 1.165) is 6.26 Å². The maximum absolute atomic E-state index is 12.2. The molecule has 0 aromatic heterocycles. The molecule has 1 N–H and O–H groups in total. The average molecular weight is 380 g/mol. The van der Waals surface area contributed by atoms with Crippen LogP contribution in [0.1, 0.15) is 10.4 Å². The lowest BCUT2D eigenvalue weighted by Gasteiger charge is -2.08. The molecule has 0 aliphatic carbocycles. The highest BCUT2D eigenvalue weighted by Crippen LogP contribution is 2.31. The molecule has 10 heteroatoms. The van der Waals surface area contributed by atoms with Crippen LogP contribution in [0.15, 0.2) is 42.5 Å². The van der Waals surface area contributed by atoms with Crippen molar-refractivity contribution in [1.29, 1.82) is 0 Å². The molecule has 0 heterocycles. The van der Waals surface area contributed by atoms with Gasteiger partial charge in [-0.05, 0) is 36.4 Å². The van der Waals surface area contributed by atoms with Crippen LogP contribution in [-0.4, -0.2) is 39.1 Å². The molecule has 0 aliphatic rings. The number of rotatable bonds is 8. The standard InChI is InChI=1S/C16H16N2O7S/c1-24-13-7-8-16(14(9-13)18(20)21)25-10-15(19)11-3-5-12(6-4-11)17-26(2,22)23/h3-9,17H,10H2,1-2H3. The predicted octanol–water partition coefficient (Wildman–Crippen LogP) is 2.24. The van der Waals surface area contributed by atoms with Crippen LogP contribution in [0.25, 0.3) is 0 Å². The molecular weight excluding hydrogens is 364 g/mol. The van der Waals surface area contributed by atoms with Crippen LogP contribution in [0.2, 0.25) is 0 Å². The number of Topliss-reactive ketones (excluding diaryl/α,β-unsaturated/α-hetero) is 1. The smallest absolute Gasteiger partial charge is 0.314 e. The average Bonchev–Trinajstić information content (AvgIpc) is 2.58. The van der Waals surface area contributed by atoms with Crippen LogP contribution in [-0.2, 0) is 10.0 Å². The Morgan fingerprint density at radius 3 is 2.38 bits per heavy atom. The van der Waals surface area contributed by atoms with Gasteiger partial charge in [0.2, 0.25) is 10.0 Å². The molecule has 0 atom stereocenters. The van der Waals surface area contributed by atoms with Crippen molar-refractivity contribution in [3.8, 4) is 11.5 Å². The summed E-state index contributed by atoms with van der Waals surface area (Å²) in [5, 5.41) is 11.1. The second-order valence-electron chi connectivity index (χ2n) is 5.25. The first-order chi connectivity index (χ1) is 12.2. The number of hydrogen-bond donors (Lipinski definition) is 1. The molecule has 2 aromatic rings. The van der Waals surface area contributed by atoms with Crippen molar-refractivity contribution in [2.75, 3.05) is 24.7 Å². The molecule has 0 amide bonds. The maximum atomic E-state index is 12.2. The normalized spacial score (nSPS) is 10.8. The first-order valence-corrected chi connectivity index (χ1v) is 9.15. The summed E-state index contributed by atoms with van der Waals surface area (Å²) in [6.45, 7) is -0.411. The zero-order valence-electron chi connectivity index (χ0n) is 14.0. The molecular formula is C16H16N2O7S. The molecule has 26 heavy (non-hydrogen) atoms. The van der Waals surface area contributed by atoms with Gasteiger partial charge in [0.15, 0.2) is 18.1 Å². The highest BCUT2D eigenvalue weighted by atomic mass is 32.2. The second kappa shape index (κ2) is 7.83. The van der Waals surface area contributed by atoms with E-state index in [2.05, 4.69) is 4.72 Å². The van der Waals surface area contributed by atoms with Crippen molar-refractivity contribution in [2.45, 2.75) is 0 Å². The summed E-state index contributed by atoms with van der Waals surface area (Å²) >= 11 is 0. The van der Waals surface area contributed by atoms with Crippen molar-refractivity contribution in [1.82, 2.24) is 0 Å². The molecule has 0 bridgehead atoms. The number of ether oxygens (including phenoxy) is 2. The first kappa shape index (κ1) is 19.2.